The fourth-order valence-electron chi connectivity index (χ4n) is 3.52. The van der Waals surface area contributed by atoms with Gasteiger partial charge >= 0.3 is 5.97 Å². The number of methoxy groups -OCH3 is 3. The second-order valence-electron chi connectivity index (χ2n) is 7.24. The molecule has 1 heterocycles. The first kappa shape index (κ1) is 22.1. The van der Waals surface area contributed by atoms with E-state index in [-0.39, 0.29) is 18.2 Å². The summed E-state index contributed by atoms with van der Waals surface area (Å²) in [4.78, 5) is 38.2. The smallest absolute Gasteiger partial charge is 0.337 e. The third-order valence-electron chi connectivity index (χ3n) is 5.28. The van der Waals surface area contributed by atoms with Gasteiger partial charge in [-0.05, 0) is 48.4 Å². The lowest BCUT2D eigenvalue weighted by Gasteiger charge is -2.17. The Labute approximate surface area is 181 Å². The molecule has 0 aromatic heterocycles. The van der Waals surface area contributed by atoms with Gasteiger partial charge in [0.1, 0.15) is 0 Å². The largest absolute Gasteiger partial charge is 0.493 e. The number of rotatable bonds is 8. The molecule has 164 valence electrons. The molecular formula is C23H26N2O6. The molecule has 0 radical (unpaired) electrons. The van der Waals surface area contributed by atoms with Crippen LogP contribution in [0.3, 0.4) is 0 Å². The average molecular weight is 426 g/mol. The minimum absolute atomic E-state index is 0.0401. The number of carbonyl (C=O) groups is 3. The van der Waals surface area contributed by atoms with E-state index in [2.05, 4.69) is 10.1 Å². The predicted molar refractivity (Wildman–Crippen MR) is 114 cm³/mol. The van der Waals surface area contributed by atoms with Gasteiger partial charge in [0.05, 0.1) is 32.8 Å². The van der Waals surface area contributed by atoms with E-state index in [0.29, 0.717) is 42.3 Å². The van der Waals surface area contributed by atoms with Crippen LogP contribution in [0.4, 0.5) is 5.69 Å². The topological polar surface area (TPSA) is 94.2 Å². The zero-order chi connectivity index (χ0) is 22.4. The van der Waals surface area contributed by atoms with Gasteiger partial charge in [0, 0.05) is 25.2 Å². The van der Waals surface area contributed by atoms with E-state index in [9.17, 15) is 14.4 Å². The van der Waals surface area contributed by atoms with Gasteiger partial charge in [0.15, 0.2) is 11.5 Å². The fraction of sp³-hybridized carbons (Fsp3) is 0.348. The Kier molecular flexibility index (Phi) is 7.12. The molecule has 1 aliphatic heterocycles. The van der Waals surface area contributed by atoms with E-state index in [0.717, 1.165) is 5.56 Å². The number of benzene rings is 2. The molecule has 0 spiro atoms. The highest BCUT2D eigenvalue weighted by molar-refractivity contribution is 5.97. The second kappa shape index (κ2) is 9.97. The van der Waals surface area contributed by atoms with Crippen molar-refractivity contribution in [2.24, 2.45) is 5.92 Å². The van der Waals surface area contributed by atoms with Crippen LogP contribution in [-0.2, 0) is 20.7 Å². The zero-order valence-corrected chi connectivity index (χ0v) is 17.8. The van der Waals surface area contributed by atoms with E-state index in [4.69, 9.17) is 9.47 Å². The first-order chi connectivity index (χ1) is 14.9. The molecule has 8 nitrogen and oxygen atoms in total. The van der Waals surface area contributed by atoms with Gasteiger partial charge in [-0.3, -0.25) is 9.59 Å². The Morgan fingerprint density at radius 2 is 1.74 bits per heavy atom. The molecule has 0 bridgehead atoms. The van der Waals surface area contributed by atoms with Crippen molar-refractivity contribution < 1.29 is 28.6 Å². The van der Waals surface area contributed by atoms with Crippen LogP contribution in [0.5, 0.6) is 11.5 Å². The van der Waals surface area contributed by atoms with Crippen molar-refractivity contribution in [2.75, 3.05) is 39.7 Å². The number of ether oxygens (including phenoxy) is 3. The normalized spacial score (nSPS) is 15.5. The van der Waals surface area contributed by atoms with Gasteiger partial charge in [-0.25, -0.2) is 4.79 Å². The van der Waals surface area contributed by atoms with Gasteiger partial charge in [-0.2, -0.15) is 0 Å². The number of nitrogens with zero attached hydrogens (tertiary/aromatic N) is 1. The third-order valence-corrected chi connectivity index (χ3v) is 5.28. The SMILES string of the molecule is COC(=O)c1ccc(NC(=O)[C@@H]2CC(=O)N(CCc3ccc(OC)c(OC)c3)C2)cc1. The number of hydrogen-bond donors (Lipinski definition) is 1. The molecule has 1 saturated heterocycles. The zero-order valence-electron chi connectivity index (χ0n) is 17.8. The molecule has 1 fully saturated rings. The summed E-state index contributed by atoms with van der Waals surface area (Å²) in [5.74, 6) is 0.181. The Morgan fingerprint density at radius 1 is 1.03 bits per heavy atom. The molecule has 31 heavy (non-hydrogen) atoms. The van der Waals surface area contributed by atoms with Crippen LogP contribution in [0.25, 0.3) is 0 Å². The summed E-state index contributed by atoms with van der Waals surface area (Å²) in [5, 5.41) is 2.81. The monoisotopic (exact) mass is 426 g/mol. The molecule has 3 rings (SSSR count). The van der Waals surface area contributed by atoms with Gasteiger partial charge < -0.3 is 24.4 Å². The van der Waals surface area contributed by atoms with Crippen molar-refractivity contribution in [1.29, 1.82) is 0 Å². The lowest BCUT2D eigenvalue weighted by molar-refractivity contribution is -0.128. The van der Waals surface area contributed by atoms with Crippen LogP contribution in [0.15, 0.2) is 42.5 Å². The quantitative estimate of drug-likeness (QED) is 0.652. The van der Waals surface area contributed by atoms with Gasteiger partial charge in [0.25, 0.3) is 0 Å². The molecule has 0 unspecified atom stereocenters. The van der Waals surface area contributed by atoms with E-state index < -0.39 is 11.9 Å². The van der Waals surface area contributed by atoms with Gasteiger partial charge in [-0.1, -0.05) is 6.07 Å². The van der Waals surface area contributed by atoms with Crippen molar-refractivity contribution in [3.8, 4) is 11.5 Å². The standard InChI is InChI=1S/C23H26N2O6/c1-29-19-9-4-15(12-20(19)30-2)10-11-25-14-17(13-21(25)26)22(27)24-18-7-5-16(6-8-18)23(28)31-3/h4-9,12,17H,10-11,13-14H2,1-3H3,(H,24,27)/t17-/m1/s1. The molecule has 2 amide bonds. The summed E-state index contributed by atoms with van der Waals surface area (Å²) in [6.45, 7) is 0.893. The molecule has 2 aromatic carbocycles. The Hall–Kier alpha value is -3.55. The highest BCUT2D eigenvalue weighted by Gasteiger charge is 2.34. The number of anilines is 1. The Balaban J connectivity index is 1.54. The maximum atomic E-state index is 12.6. The maximum Gasteiger partial charge on any atom is 0.337 e. The van der Waals surface area contributed by atoms with Crippen LogP contribution in [0.1, 0.15) is 22.3 Å². The van der Waals surface area contributed by atoms with Crippen LogP contribution >= 0.6 is 0 Å². The summed E-state index contributed by atoms with van der Waals surface area (Å²) in [7, 11) is 4.48. The molecule has 1 aliphatic rings. The van der Waals surface area contributed by atoms with Crippen molar-refractivity contribution in [3.63, 3.8) is 0 Å². The van der Waals surface area contributed by atoms with Gasteiger partial charge in [-0.15, -0.1) is 0 Å². The molecule has 0 saturated carbocycles. The second-order valence-corrected chi connectivity index (χ2v) is 7.24. The summed E-state index contributed by atoms with van der Waals surface area (Å²) in [6, 6.07) is 12.1. The first-order valence-corrected chi connectivity index (χ1v) is 9.93. The van der Waals surface area contributed by atoms with Crippen molar-refractivity contribution in [3.05, 3.63) is 53.6 Å². The molecule has 0 aliphatic carbocycles. The van der Waals surface area contributed by atoms with E-state index in [1.807, 2.05) is 18.2 Å². The molecule has 1 atom stereocenters. The van der Waals surface area contributed by atoms with Crippen molar-refractivity contribution in [2.45, 2.75) is 12.8 Å². The van der Waals surface area contributed by atoms with Crippen LogP contribution in [0.2, 0.25) is 0 Å². The number of hydrogen-bond acceptors (Lipinski definition) is 6. The summed E-state index contributed by atoms with van der Waals surface area (Å²) >= 11 is 0. The van der Waals surface area contributed by atoms with Gasteiger partial charge in [0.2, 0.25) is 11.8 Å². The molecule has 2 aromatic rings. The number of likely N-dealkylation sites (tertiary alicyclic amines) is 1. The summed E-state index contributed by atoms with van der Waals surface area (Å²) < 4.78 is 15.2. The number of carbonyl (C=O) groups excluding carboxylic acids is 3. The van der Waals surface area contributed by atoms with Crippen LogP contribution < -0.4 is 14.8 Å². The number of esters is 1. The lowest BCUT2D eigenvalue weighted by Crippen LogP contribution is -2.30. The minimum atomic E-state index is -0.440. The van der Waals surface area contributed by atoms with Crippen molar-refractivity contribution in [1.82, 2.24) is 4.90 Å². The third kappa shape index (κ3) is 5.33. The fourth-order valence-corrected chi connectivity index (χ4v) is 3.52. The predicted octanol–water partition coefficient (Wildman–Crippen LogP) is 2.52. The van der Waals surface area contributed by atoms with Crippen LogP contribution in [-0.4, -0.2) is 57.1 Å². The summed E-state index contributed by atoms with van der Waals surface area (Å²) in [5.41, 5.74) is 1.98. The number of amides is 2. The summed E-state index contributed by atoms with van der Waals surface area (Å²) in [6.07, 6.45) is 0.827. The molecule has 1 N–H and O–H groups in total. The maximum absolute atomic E-state index is 12.6. The highest BCUT2D eigenvalue weighted by Crippen LogP contribution is 2.28. The van der Waals surface area contributed by atoms with E-state index in [1.165, 1.54) is 7.11 Å². The Bertz CT molecular complexity index is 957. The minimum Gasteiger partial charge on any atom is -0.493 e. The van der Waals surface area contributed by atoms with Crippen molar-refractivity contribution >= 4 is 23.5 Å². The molecular weight excluding hydrogens is 400 g/mol. The van der Waals surface area contributed by atoms with E-state index >= 15 is 0 Å². The Morgan fingerprint density at radius 3 is 2.39 bits per heavy atom. The first-order valence-electron chi connectivity index (χ1n) is 9.93. The lowest BCUT2D eigenvalue weighted by atomic mass is 10.1. The molecule has 8 heteroatoms. The average Bonchev–Trinajstić information content (AvgIpc) is 3.18. The number of nitrogens with one attached hydrogen (secondary N) is 1. The van der Waals surface area contributed by atoms with E-state index in [1.54, 1.807) is 43.4 Å². The highest BCUT2D eigenvalue weighted by atomic mass is 16.5. The van der Waals surface area contributed by atoms with Crippen LogP contribution in [0, 0.1) is 5.92 Å².